The quantitative estimate of drug-likeness (QED) is 0.809. The van der Waals surface area contributed by atoms with Crippen molar-refractivity contribution in [1.82, 2.24) is 25.3 Å². The molecule has 1 atom stereocenters. The Morgan fingerprint density at radius 1 is 1.43 bits per heavy atom. The van der Waals surface area contributed by atoms with Crippen LogP contribution < -0.4 is 10.9 Å². The number of ether oxygens (including phenoxy) is 1. The fraction of sp³-hybridized carbons (Fsp3) is 0.500. The van der Waals surface area contributed by atoms with Crippen molar-refractivity contribution in [2.45, 2.75) is 51.8 Å². The van der Waals surface area contributed by atoms with E-state index in [2.05, 4.69) is 20.4 Å². The third kappa shape index (κ3) is 4.76. The molecule has 0 saturated carbocycles. The van der Waals surface area contributed by atoms with Gasteiger partial charge in [0, 0.05) is 24.4 Å². The molecule has 10 heteroatoms. The lowest BCUT2D eigenvalue weighted by Gasteiger charge is -2.27. The lowest BCUT2D eigenvalue weighted by atomic mass is 10.2. The van der Waals surface area contributed by atoms with E-state index in [0.29, 0.717) is 18.5 Å². The normalized spacial score (nSPS) is 16.8. The number of carbonyl (C=O) groups excluding carboxylic acids is 2. The van der Waals surface area contributed by atoms with Gasteiger partial charge < -0.3 is 19.6 Å². The van der Waals surface area contributed by atoms with Crippen LogP contribution in [0.25, 0.3) is 11.4 Å². The van der Waals surface area contributed by atoms with Gasteiger partial charge in [-0.25, -0.2) is 4.79 Å². The Hall–Kier alpha value is -3.17. The number of nitrogens with zero attached hydrogens (tertiary/aromatic N) is 3. The molecular formula is C18H23N5O5. The molecule has 1 fully saturated rings. The lowest BCUT2D eigenvalue weighted by Crippen LogP contribution is -2.47. The molecule has 2 aromatic rings. The third-order valence-electron chi connectivity index (χ3n) is 4.10. The zero-order chi connectivity index (χ0) is 20.3. The number of nitrogens with one attached hydrogen (secondary N) is 2. The van der Waals surface area contributed by atoms with Gasteiger partial charge in [0.1, 0.15) is 11.6 Å². The first-order valence-electron chi connectivity index (χ1n) is 9.02. The molecule has 0 bridgehead atoms. The second kappa shape index (κ2) is 7.83. The Balaban J connectivity index is 1.59. The summed E-state index contributed by atoms with van der Waals surface area (Å²) in [6, 6.07) is 2.40. The first kappa shape index (κ1) is 19.6. The van der Waals surface area contributed by atoms with Crippen molar-refractivity contribution in [3.63, 3.8) is 0 Å². The molecule has 1 aliphatic rings. The Morgan fingerprint density at radius 3 is 2.93 bits per heavy atom. The van der Waals surface area contributed by atoms with E-state index in [0.717, 1.165) is 6.42 Å². The minimum atomic E-state index is -0.625. The molecule has 10 nitrogen and oxygen atoms in total. The maximum atomic E-state index is 12.5. The van der Waals surface area contributed by atoms with Crippen LogP contribution in [0, 0.1) is 0 Å². The van der Waals surface area contributed by atoms with E-state index in [1.165, 1.54) is 17.2 Å². The van der Waals surface area contributed by atoms with Crippen molar-refractivity contribution >= 4 is 12.0 Å². The van der Waals surface area contributed by atoms with E-state index in [1.54, 1.807) is 26.8 Å². The summed E-state index contributed by atoms with van der Waals surface area (Å²) in [5.74, 6) is 0.149. The van der Waals surface area contributed by atoms with E-state index >= 15 is 0 Å². The van der Waals surface area contributed by atoms with Crippen LogP contribution in [-0.4, -0.2) is 50.2 Å². The molecule has 0 unspecified atom stereocenters. The lowest BCUT2D eigenvalue weighted by molar-refractivity contribution is -0.125. The van der Waals surface area contributed by atoms with Gasteiger partial charge in [-0.2, -0.15) is 4.98 Å². The fourth-order valence-electron chi connectivity index (χ4n) is 2.89. The van der Waals surface area contributed by atoms with E-state index in [4.69, 9.17) is 9.26 Å². The van der Waals surface area contributed by atoms with Gasteiger partial charge in [0.2, 0.25) is 23.2 Å². The Kier molecular flexibility index (Phi) is 5.48. The van der Waals surface area contributed by atoms with Crippen molar-refractivity contribution in [1.29, 1.82) is 0 Å². The van der Waals surface area contributed by atoms with Crippen molar-refractivity contribution < 1.29 is 18.8 Å². The molecule has 150 valence electrons. The number of hydrogen-bond acceptors (Lipinski definition) is 7. The van der Waals surface area contributed by atoms with Crippen molar-refractivity contribution in [2.24, 2.45) is 0 Å². The Morgan fingerprint density at radius 2 is 2.21 bits per heavy atom. The molecule has 2 aromatic heterocycles. The molecule has 2 amide bonds. The topological polar surface area (TPSA) is 130 Å². The molecule has 28 heavy (non-hydrogen) atoms. The summed E-state index contributed by atoms with van der Waals surface area (Å²) >= 11 is 0. The molecule has 0 radical (unpaired) electrons. The minimum Gasteiger partial charge on any atom is -0.444 e. The summed E-state index contributed by atoms with van der Waals surface area (Å²) in [5.41, 5.74) is -0.391. The van der Waals surface area contributed by atoms with Gasteiger partial charge in [0.25, 0.3) is 0 Å². The maximum Gasteiger partial charge on any atom is 0.410 e. The second-order valence-electron chi connectivity index (χ2n) is 7.50. The molecule has 0 spiro atoms. The third-order valence-corrected chi connectivity index (χ3v) is 4.10. The van der Waals surface area contributed by atoms with E-state index < -0.39 is 17.7 Å². The molecule has 3 rings (SSSR count). The number of aromatic nitrogens is 3. The number of aromatic amines is 1. The summed E-state index contributed by atoms with van der Waals surface area (Å²) in [7, 11) is 0. The molecule has 0 aromatic carbocycles. The van der Waals surface area contributed by atoms with E-state index in [-0.39, 0.29) is 29.7 Å². The van der Waals surface area contributed by atoms with E-state index in [1.807, 2.05) is 0 Å². The Labute approximate surface area is 161 Å². The predicted octanol–water partition coefficient (Wildman–Crippen LogP) is 1.44. The molecule has 1 aliphatic heterocycles. The monoisotopic (exact) mass is 389 g/mol. The number of rotatable bonds is 4. The number of amides is 2. The number of likely N-dealkylation sites (tertiary alicyclic amines) is 1. The predicted molar refractivity (Wildman–Crippen MR) is 98.2 cm³/mol. The van der Waals surface area contributed by atoms with Crippen LogP contribution in [0.3, 0.4) is 0 Å². The van der Waals surface area contributed by atoms with Crippen molar-refractivity contribution in [3.05, 3.63) is 34.6 Å². The van der Waals surface area contributed by atoms with Gasteiger partial charge in [0.05, 0.1) is 6.54 Å². The molecule has 2 N–H and O–H groups in total. The average molecular weight is 389 g/mol. The molecular weight excluding hydrogens is 366 g/mol. The average Bonchev–Trinajstić information content (AvgIpc) is 3.28. The van der Waals surface area contributed by atoms with Crippen molar-refractivity contribution in [3.8, 4) is 11.4 Å². The smallest absolute Gasteiger partial charge is 0.410 e. The summed E-state index contributed by atoms with van der Waals surface area (Å²) in [5, 5.41) is 6.52. The van der Waals surface area contributed by atoms with Gasteiger partial charge in [-0.3, -0.25) is 14.5 Å². The van der Waals surface area contributed by atoms with Gasteiger partial charge in [-0.1, -0.05) is 5.16 Å². The van der Waals surface area contributed by atoms with Crippen LogP contribution in [0.4, 0.5) is 4.79 Å². The van der Waals surface area contributed by atoms with Crippen LogP contribution in [0.15, 0.2) is 27.6 Å². The second-order valence-corrected chi connectivity index (χ2v) is 7.50. The first-order valence-corrected chi connectivity index (χ1v) is 9.02. The summed E-state index contributed by atoms with van der Waals surface area (Å²) < 4.78 is 10.5. The highest BCUT2D eigenvalue weighted by atomic mass is 16.6. The van der Waals surface area contributed by atoms with Crippen LogP contribution in [-0.2, 0) is 16.1 Å². The minimum absolute atomic E-state index is 0.0215. The van der Waals surface area contributed by atoms with Gasteiger partial charge in [-0.15, -0.1) is 0 Å². The number of carbonyl (C=O) groups is 2. The maximum absolute atomic E-state index is 12.5. The highest BCUT2D eigenvalue weighted by molar-refractivity contribution is 5.86. The highest BCUT2D eigenvalue weighted by Gasteiger charge is 2.36. The van der Waals surface area contributed by atoms with Crippen LogP contribution >= 0.6 is 0 Å². The number of pyridine rings is 1. The van der Waals surface area contributed by atoms with Crippen molar-refractivity contribution in [2.75, 3.05) is 6.54 Å². The van der Waals surface area contributed by atoms with Gasteiger partial charge >= 0.3 is 6.09 Å². The van der Waals surface area contributed by atoms with Crippen LogP contribution in [0.1, 0.15) is 39.5 Å². The highest BCUT2D eigenvalue weighted by Crippen LogP contribution is 2.21. The standard InChI is InChI=1S/C18H23N5O5/c1-18(2,3)27-17(26)23-8-4-5-12(23)16(25)20-10-14-21-15(22-28-14)11-6-7-19-13(24)9-11/h6-7,9,12H,4-5,8,10H2,1-3H3,(H,19,24)(H,20,25)/t12-/m1/s1. The van der Waals surface area contributed by atoms with Gasteiger partial charge in [-0.05, 0) is 39.7 Å². The van der Waals surface area contributed by atoms with Gasteiger partial charge in [0.15, 0.2) is 0 Å². The molecule has 3 heterocycles. The molecule has 0 aliphatic carbocycles. The Bertz CT molecular complexity index is 913. The zero-order valence-electron chi connectivity index (χ0n) is 16.0. The molecule has 1 saturated heterocycles. The summed E-state index contributed by atoms with van der Waals surface area (Å²) in [6.07, 6.45) is 2.28. The number of H-pyrrole nitrogens is 1. The largest absolute Gasteiger partial charge is 0.444 e. The zero-order valence-corrected chi connectivity index (χ0v) is 16.0. The number of hydrogen-bond donors (Lipinski definition) is 2. The fourth-order valence-corrected chi connectivity index (χ4v) is 2.89. The first-order chi connectivity index (χ1) is 13.2. The summed E-state index contributed by atoms with van der Waals surface area (Å²) in [4.78, 5) is 44.3. The van der Waals surface area contributed by atoms with Crippen LogP contribution in [0.2, 0.25) is 0 Å². The van der Waals surface area contributed by atoms with E-state index in [9.17, 15) is 14.4 Å². The van der Waals surface area contributed by atoms with Crippen LogP contribution in [0.5, 0.6) is 0 Å². The SMILES string of the molecule is CC(C)(C)OC(=O)N1CCC[C@@H]1C(=O)NCc1nc(-c2cc[nH]c(=O)c2)no1. The summed E-state index contributed by atoms with van der Waals surface area (Å²) in [6.45, 7) is 5.84.